The van der Waals surface area contributed by atoms with Crippen LogP contribution in [0.2, 0.25) is 15.1 Å². The van der Waals surface area contributed by atoms with Crippen molar-refractivity contribution in [2.75, 3.05) is 26.2 Å². The van der Waals surface area contributed by atoms with Gasteiger partial charge in [-0.1, -0.05) is 40.9 Å². The zero-order valence-corrected chi connectivity index (χ0v) is 15.2. The molecule has 0 aliphatic carbocycles. The van der Waals surface area contributed by atoms with E-state index in [1.807, 2.05) is 17.0 Å². The summed E-state index contributed by atoms with van der Waals surface area (Å²) in [6, 6.07) is 5.55. The van der Waals surface area contributed by atoms with Crippen molar-refractivity contribution < 1.29 is 4.79 Å². The van der Waals surface area contributed by atoms with Crippen LogP contribution in [0.3, 0.4) is 0 Å². The fraction of sp³-hybridized carbons (Fsp3) is 0.375. The van der Waals surface area contributed by atoms with Gasteiger partial charge in [-0.3, -0.25) is 14.4 Å². The van der Waals surface area contributed by atoms with E-state index in [-0.39, 0.29) is 12.5 Å². The number of piperazine rings is 1. The van der Waals surface area contributed by atoms with E-state index in [9.17, 15) is 4.79 Å². The molecule has 0 saturated carbocycles. The molecule has 3 rings (SSSR count). The summed E-state index contributed by atoms with van der Waals surface area (Å²) in [6.45, 7) is 3.98. The van der Waals surface area contributed by atoms with E-state index in [2.05, 4.69) is 10.00 Å². The Hall–Kier alpha value is -1.27. The molecule has 1 fully saturated rings. The Labute approximate surface area is 155 Å². The number of carbonyl (C=O) groups is 1. The van der Waals surface area contributed by atoms with Crippen LogP contribution in [0.4, 0.5) is 0 Å². The highest BCUT2D eigenvalue weighted by Crippen LogP contribution is 2.22. The second-order valence-electron chi connectivity index (χ2n) is 5.75. The first-order chi connectivity index (χ1) is 11.5. The van der Waals surface area contributed by atoms with Crippen molar-refractivity contribution >= 4 is 40.7 Å². The summed E-state index contributed by atoms with van der Waals surface area (Å²) in [5, 5.41) is 5.89. The molecule has 2 aromatic rings. The van der Waals surface area contributed by atoms with Crippen LogP contribution in [0.15, 0.2) is 30.6 Å². The number of carbonyl (C=O) groups excluding carboxylic acids is 1. The highest BCUT2D eigenvalue weighted by molar-refractivity contribution is 6.35. The van der Waals surface area contributed by atoms with Crippen molar-refractivity contribution in [3.63, 3.8) is 0 Å². The van der Waals surface area contributed by atoms with Crippen LogP contribution in [0.5, 0.6) is 0 Å². The molecule has 0 N–H and O–H groups in total. The van der Waals surface area contributed by atoms with Gasteiger partial charge in [0.15, 0.2) is 0 Å². The van der Waals surface area contributed by atoms with Crippen LogP contribution >= 0.6 is 34.8 Å². The fourth-order valence-corrected chi connectivity index (χ4v) is 3.33. The largest absolute Gasteiger partial charge is 0.339 e. The molecule has 1 amide bonds. The summed E-state index contributed by atoms with van der Waals surface area (Å²) in [7, 11) is 0. The number of halogens is 3. The zero-order valence-electron chi connectivity index (χ0n) is 13.0. The third kappa shape index (κ3) is 4.42. The van der Waals surface area contributed by atoms with E-state index in [0.29, 0.717) is 28.2 Å². The fourth-order valence-electron chi connectivity index (χ4n) is 2.71. The van der Waals surface area contributed by atoms with Gasteiger partial charge in [-0.05, 0) is 17.7 Å². The van der Waals surface area contributed by atoms with E-state index >= 15 is 0 Å². The monoisotopic (exact) mass is 386 g/mol. The van der Waals surface area contributed by atoms with Crippen LogP contribution in [-0.4, -0.2) is 51.7 Å². The molecule has 24 heavy (non-hydrogen) atoms. The lowest BCUT2D eigenvalue weighted by Gasteiger charge is -2.34. The quantitative estimate of drug-likeness (QED) is 0.809. The minimum Gasteiger partial charge on any atom is -0.339 e. The lowest BCUT2D eigenvalue weighted by Crippen LogP contribution is -2.49. The summed E-state index contributed by atoms with van der Waals surface area (Å²) in [4.78, 5) is 16.4. The molecule has 0 atom stereocenters. The second-order valence-corrected chi connectivity index (χ2v) is 7.03. The van der Waals surface area contributed by atoms with Crippen molar-refractivity contribution in [1.29, 1.82) is 0 Å². The lowest BCUT2D eigenvalue weighted by atomic mass is 10.2. The first kappa shape index (κ1) is 17.5. The van der Waals surface area contributed by atoms with Crippen LogP contribution in [0.1, 0.15) is 5.56 Å². The molecule has 1 aliphatic heterocycles. The molecular formula is C16H17Cl3N4O. The smallest absolute Gasteiger partial charge is 0.244 e. The zero-order chi connectivity index (χ0) is 17.1. The van der Waals surface area contributed by atoms with Gasteiger partial charge in [-0.15, -0.1) is 0 Å². The molecule has 0 unspecified atom stereocenters. The summed E-state index contributed by atoms with van der Waals surface area (Å²) < 4.78 is 1.56. The second kappa shape index (κ2) is 7.74. The summed E-state index contributed by atoms with van der Waals surface area (Å²) in [5.74, 6) is 0.0546. The third-order valence-electron chi connectivity index (χ3n) is 4.03. The van der Waals surface area contributed by atoms with Crippen molar-refractivity contribution in [3.05, 3.63) is 51.2 Å². The highest BCUT2D eigenvalue weighted by atomic mass is 35.5. The van der Waals surface area contributed by atoms with E-state index in [4.69, 9.17) is 34.8 Å². The summed E-state index contributed by atoms with van der Waals surface area (Å²) in [5.41, 5.74) is 1.05. The molecule has 8 heteroatoms. The molecule has 0 bridgehead atoms. The van der Waals surface area contributed by atoms with Crippen LogP contribution in [-0.2, 0) is 17.9 Å². The lowest BCUT2D eigenvalue weighted by molar-refractivity contribution is -0.133. The van der Waals surface area contributed by atoms with Gasteiger partial charge in [0.2, 0.25) is 5.91 Å². The van der Waals surface area contributed by atoms with Gasteiger partial charge in [0, 0.05) is 49.0 Å². The minimum atomic E-state index is 0.0546. The number of benzene rings is 1. The van der Waals surface area contributed by atoms with Gasteiger partial charge in [-0.2, -0.15) is 5.10 Å². The van der Waals surface area contributed by atoms with E-state index in [1.165, 1.54) is 6.20 Å². The average Bonchev–Trinajstić information content (AvgIpc) is 2.96. The molecule has 2 heterocycles. The predicted octanol–water partition coefficient (Wildman–Crippen LogP) is 3.19. The van der Waals surface area contributed by atoms with Gasteiger partial charge in [0.1, 0.15) is 6.54 Å². The standard InChI is InChI=1S/C16H17Cl3N4O/c17-13-2-1-12(15(19)7-13)9-21-3-5-22(6-4-21)16(24)11-23-10-14(18)8-20-23/h1-2,7-8,10H,3-6,9,11H2. The first-order valence-electron chi connectivity index (χ1n) is 7.63. The minimum absolute atomic E-state index is 0.0546. The van der Waals surface area contributed by atoms with Gasteiger partial charge >= 0.3 is 0 Å². The Bertz CT molecular complexity index is 726. The molecule has 1 aromatic carbocycles. The Kier molecular flexibility index (Phi) is 5.66. The topological polar surface area (TPSA) is 41.4 Å². The molecule has 0 spiro atoms. The highest BCUT2D eigenvalue weighted by Gasteiger charge is 2.22. The van der Waals surface area contributed by atoms with Crippen molar-refractivity contribution in [1.82, 2.24) is 19.6 Å². The predicted molar refractivity (Wildman–Crippen MR) is 95.6 cm³/mol. The molecule has 5 nitrogen and oxygen atoms in total. The maximum absolute atomic E-state index is 12.3. The van der Waals surface area contributed by atoms with Crippen LogP contribution < -0.4 is 0 Å². The number of amides is 1. The van der Waals surface area contributed by atoms with Crippen molar-refractivity contribution in [3.8, 4) is 0 Å². The number of aromatic nitrogens is 2. The van der Waals surface area contributed by atoms with Crippen molar-refractivity contribution in [2.24, 2.45) is 0 Å². The Morgan fingerprint density at radius 1 is 1.08 bits per heavy atom. The normalized spacial score (nSPS) is 15.7. The number of hydrogen-bond donors (Lipinski definition) is 0. The van der Waals surface area contributed by atoms with Gasteiger partial charge < -0.3 is 4.90 Å². The molecule has 1 aromatic heterocycles. The first-order valence-corrected chi connectivity index (χ1v) is 8.76. The Morgan fingerprint density at radius 2 is 1.83 bits per heavy atom. The van der Waals surface area contributed by atoms with Crippen LogP contribution in [0.25, 0.3) is 0 Å². The van der Waals surface area contributed by atoms with E-state index in [1.54, 1.807) is 16.9 Å². The molecule has 128 valence electrons. The van der Waals surface area contributed by atoms with Gasteiger partial charge in [0.25, 0.3) is 0 Å². The van der Waals surface area contributed by atoms with E-state index in [0.717, 1.165) is 25.2 Å². The maximum atomic E-state index is 12.3. The Balaban J connectivity index is 1.51. The number of rotatable bonds is 4. The molecule has 1 aliphatic rings. The number of hydrogen-bond acceptors (Lipinski definition) is 3. The average molecular weight is 388 g/mol. The molecular weight excluding hydrogens is 371 g/mol. The summed E-state index contributed by atoms with van der Waals surface area (Å²) in [6.07, 6.45) is 3.18. The van der Waals surface area contributed by atoms with Crippen LogP contribution in [0, 0.1) is 0 Å². The van der Waals surface area contributed by atoms with Gasteiger partial charge in [0.05, 0.1) is 11.2 Å². The summed E-state index contributed by atoms with van der Waals surface area (Å²) >= 11 is 18.0. The van der Waals surface area contributed by atoms with Crippen molar-refractivity contribution in [2.45, 2.75) is 13.1 Å². The van der Waals surface area contributed by atoms with E-state index < -0.39 is 0 Å². The molecule has 1 saturated heterocycles. The Morgan fingerprint density at radius 3 is 2.46 bits per heavy atom. The molecule has 0 radical (unpaired) electrons. The SMILES string of the molecule is O=C(Cn1cc(Cl)cn1)N1CCN(Cc2ccc(Cl)cc2Cl)CC1. The number of nitrogens with zero attached hydrogens (tertiary/aromatic N) is 4. The third-order valence-corrected chi connectivity index (χ3v) is 4.82. The van der Waals surface area contributed by atoms with Gasteiger partial charge in [-0.25, -0.2) is 0 Å². The maximum Gasteiger partial charge on any atom is 0.244 e.